The molecule has 0 bridgehead atoms. The van der Waals surface area contributed by atoms with E-state index in [9.17, 15) is 4.79 Å². The number of benzene rings is 2. The summed E-state index contributed by atoms with van der Waals surface area (Å²) in [4.78, 5) is 12.9. The van der Waals surface area contributed by atoms with Crippen LogP contribution in [0.3, 0.4) is 0 Å². The van der Waals surface area contributed by atoms with E-state index in [1.807, 2.05) is 24.3 Å². The van der Waals surface area contributed by atoms with E-state index in [0.717, 1.165) is 36.1 Å². The molecule has 0 aromatic heterocycles. The van der Waals surface area contributed by atoms with Crippen molar-refractivity contribution in [3.63, 3.8) is 0 Å². The van der Waals surface area contributed by atoms with E-state index in [2.05, 4.69) is 24.4 Å². The van der Waals surface area contributed by atoms with Crippen LogP contribution in [-0.2, 0) is 19.3 Å². The van der Waals surface area contributed by atoms with Gasteiger partial charge in [-0.2, -0.15) is 0 Å². The Morgan fingerprint density at radius 3 is 2.84 bits per heavy atom. The zero-order chi connectivity index (χ0) is 16.7. The van der Waals surface area contributed by atoms with E-state index in [1.165, 1.54) is 11.1 Å². The molecule has 4 rings (SSSR count). The molecule has 132 valence electrons. The zero-order valence-electron chi connectivity index (χ0n) is 14.2. The van der Waals surface area contributed by atoms with E-state index in [4.69, 9.17) is 10.5 Å². The van der Waals surface area contributed by atoms with E-state index in [1.54, 1.807) is 0 Å². The summed E-state index contributed by atoms with van der Waals surface area (Å²) in [5.74, 6) is 0.658. The van der Waals surface area contributed by atoms with Crippen LogP contribution in [0.4, 0.5) is 0 Å². The molecular formula is C20H23ClN2O2. The summed E-state index contributed by atoms with van der Waals surface area (Å²) in [7, 11) is 0. The van der Waals surface area contributed by atoms with Crippen LogP contribution in [0.1, 0.15) is 45.6 Å². The highest BCUT2D eigenvalue weighted by Gasteiger charge is 2.32. The fourth-order valence-electron chi connectivity index (χ4n) is 3.76. The van der Waals surface area contributed by atoms with Crippen molar-refractivity contribution in [2.75, 3.05) is 6.61 Å². The molecule has 2 aromatic rings. The Kier molecular flexibility index (Phi) is 5.02. The van der Waals surface area contributed by atoms with E-state index in [-0.39, 0.29) is 30.4 Å². The van der Waals surface area contributed by atoms with Gasteiger partial charge in [-0.05, 0) is 41.2 Å². The maximum Gasteiger partial charge on any atom is 0.255 e. The van der Waals surface area contributed by atoms with Crippen LogP contribution in [0, 0.1) is 0 Å². The first-order valence-electron chi connectivity index (χ1n) is 8.60. The number of fused-ring (bicyclic) bond motifs is 2. The van der Waals surface area contributed by atoms with Gasteiger partial charge in [0, 0.05) is 6.42 Å². The first kappa shape index (κ1) is 17.8. The summed E-state index contributed by atoms with van der Waals surface area (Å²) in [5, 5.41) is 3.13. The summed E-state index contributed by atoms with van der Waals surface area (Å²) in [6.07, 6.45) is 2.55. The third-order valence-electron chi connectivity index (χ3n) is 5.10. The number of hydrogen-bond donors (Lipinski definition) is 2. The largest absolute Gasteiger partial charge is 0.492 e. The van der Waals surface area contributed by atoms with Gasteiger partial charge in [0.2, 0.25) is 0 Å². The van der Waals surface area contributed by atoms with Gasteiger partial charge in [0.25, 0.3) is 5.91 Å². The lowest BCUT2D eigenvalue weighted by Crippen LogP contribution is -2.40. The number of nitrogens with one attached hydrogen (secondary N) is 1. The number of rotatable bonds is 3. The summed E-state index contributed by atoms with van der Waals surface area (Å²) in [6.45, 7) is 2.75. The van der Waals surface area contributed by atoms with Gasteiger partial charge in [-0.1, -0.05) is 37.3 Å². The highest BCUT2D eigenvalue weighted by Crippen LogP contribution is 2.33. The first-order valence-corrected chi connectivity index (χ1v) is 8.60. The second kappa shape index (κ2) is 7.06. The maximum absolute atomic E-state index is 12.9. The molecule has 0 saturated carbocycles. The molecule has 1 aliphatic heterocycles. The Bertz CT molecular complexity index is 806. The Morgan fingerprint density at radius 2 is 2.08 bits per heavy atom. The van der Waals surface area contributed by atoms with Crippen molar-refractivity contribution in [2.45, 2.75) is 38.3 Å². The van der Waals surface area contributed by atoms with Crippen LogP contribution < -0.4 is 15.8 Å². The molecule has 5 heteroatoms. The van der Waals surface area contributed by atoms with Crippen molar-refractivity contribution in [3.8, 4) is 5.75 Å². The highest BCUT2D eigenvalue weighted by atomic mass is 35.5. The SMILES string of the molecule is CCc1cc2c(c(C(=O)N[C@@H]3Cc4ccccc4[C@H]3N)c1)OCC2.Cl. The second-order valence-electron chi connectivity index (χ2n) is 6.59. The molecule has 2 atom stereocenters. The molecule has 25 heavy (non-hydrogen) atoms. The molecule has 0 fully saturated rings. The van der Waals surface area contributed by atoms with Gasteiger partial charge in [0.15, 0.2) is 0 Å². The number of hydrogen-bond acceptors (Lipinski definition) is 3. The van der Waals surface area contributed by atoms with E-state index >= 15 is 0 Å². The highest BCUT2D eigenvalue weighted by molar-refractivity contribution is 5.98. The number of carbonyl (C=O) groups is 1. The van der Waals surface area contributed by atoms with Crippen molar-refractivity contribution in [2.24, 2.45) is 5.73 Å². The molecule has 0 radical (unpaired) electrons. The molecule has 0 spiro atoms. The monoisotopic (exact) mass is 358 g/mol. The van der Waals surface area contributed by atoms with Gasteiger partial charge >= 0.3 is 0 Å². The predicted molar refractivity (Wildman–Crippen MR) is 101 cm³/mol. The molecule has 3 N–H and O–H groups in total. The summed E-state index contributed by atoms with van der Waals surface area (Å²) in [6, 6.07) is 12.0. The first-order chi connectivity index (χ1) is 11.7. The van der Waals surface area contributed by atoms with E-state index in [0.29, 0.717) is 12.2 Å². The Balaban J connectivity index is 0.00000182. The molecular weight excluding hydrogens is 336 g/mol. The standard InChI is InChI=1S/C20H22N2O2.ClH/c1-2-12-9-14-7-8-24-19(14)16(10-12)20(23)22-17-11-13-5-3-4-6-15(13)18(17)21;/h3-6,9-10,17-18H,2,7-8,11,21H2,1H3,(H,22,23);1H/t17-,18-;/m1./s1. The van der Waals surface area contributed by atoms with Crippen molar-refractivity contribution < 1.29 is 9.53 Å². The number of amides is 1. The maximum atomic E-state index is 12.9. The van der Waals surface area contributed by atoms with Gasteiger partial charge < -0.3 is 15.8 Å². The van der Waals surface area contributed by atoms with E-state index < -0.39 is 0 Å². The minimum absolute atomic E-state index is 0. The third kappa shape index (κ3) is 3.12. The van der Waals surface area contributed by atoms with Gasteiger partial charge in [-0.25, -0.2) is 0 Å². The minimum Gasteiger partial charge on any atom is -0.492 e. The third-order valence-corrected chi connectivity index (χ3v) is 5.10. The van der Waals surface area contributed by atoms with Gasteiger partial charge in [0.1, 0.15) is 5.75 Å². The van der Waals surface area contributed by atoms with Crippen molar-refractivity contribution in [3.05, 3.63) is 64.2 Å². The van der Waals surface area contributed by atoms with Crippen molar-refractivity contribution in [1.29, 1.82) is 0 Å². The normalized spacial score (nSPS) is 20.2. The Labute approximate surface area is 154 Å². The number of halogens is 1. The molecule has 1 heterocycles. The number of carbonyl (C=O) groups excluding carboxylic acids is 1. The van der Waals surface area contributed by atoms with Crippen LogP contribution in [0.15, 0.2) is 36.4 Å². The van der Waals surface area contributed by atoms with Crippen LogP contribution >= 0.6 is 12.4 Å². The molecule has 0 saturated heterocycles. The van der Waals surface area contributed by atoms with Crippen molar-refractivity contribution in [1.82, 2.24) is 5.32 Å². The fourth-order valence-corrected chi connectivity index (χ4v) is 3.76. The van der Waals surface area contributed by atoms with Crippen molar-refractivity contribution >= 4 is 18.3 Å². The van der Waals surface area contributed by atoms with Gasteiger partial charge in [0.05, 0.1) is 24.3 Å². The zero-order valence-corrected chi connectivity index (χ0v) is 15.1. The number of ether oxygens (including phenoxy) is 1. The van der Waals surface area contributed by atoms with Crippen LogP contribution in [0.2, 0.25) is 0 Å². The van der Waals surface area contributed by atoms with Crippen LogP contribution in [-0.4, -0.2) is 18.6 Å². The molecule has 4 nitrogen and oxygen atoms in total. The predicted octanol–water partition coefficient (Wildman–Crippen LogP) is 2.96. The second-order valence-corrected chi connectivity index (χ2v) is 6.59. The summed E-state index contributed by atoms with van der Waals surface area (Å²) < 4.78 is 5.71. The fraction of sp³-hybridized carbons (Fsp3) is 0.350. The lowest BCUT2D eigenvalue weighted by Gasteiger charge is -2.19. The number of nitrogens with two attached hydrogens (primary N) is 1. The Hall–Kier alpha value is -2.04. The topological polar surface area (TPSA) is 64.4 Å². The molecule has 2 aliphatic rings. The van der Waals surface area contributed by atoms with Crippen LogP contribution in [0.25, 0.3) is 0 Å². The summed E-state index contributed by atoms with van der Waals surface area (Å²) in [5.41, 5.74) is 11.6. The minimum atomic E-state index is -0.159. The lowest BCUT2D eigenvalue weighted by atomic mass is 10.0. The molecule has 1 aliphatic carbocycles. The molecule has 0 unspecified atom stereocenters. The smallest absolute Gasteiger partial charge is 0.255 e. The Morgan fingerprint density at radius 1 is 1.28 bits per heavy atom. The van der Waals surface area contributed by atoms with Gasteiger partial charge in [-0.3, -0.25) is 4.79 Å². The molecule has 1 amide bonds. The average molecular weight is 359 g/mol. The summed E-state index contributed by atoms with van der Waals surface area (Å²) >= 11 is 0. The lowest BCUT2D eigenvalue weighted by molar-refractivity contribution is 0.0930. The van der Waals surface area contributed by atoms with Gasteiger partial charge in [-0.15, -0.1) is 12.4 Å². The quantitative estimate of drug-likeness (QED) is 0.886. The average Bonchev–Trinajstić information content (AvgIpc) is 3.19. The molecule has 2 aromatic carbocycles. The number of aryl methyl sites for hydroxylation is 1. The van der Waals surface area contributed by atoms with Crippen LogP contribution in [0.5, 0.6) is 5.75 Å².